The van der Waals surface area contributed by atoms with Gasteiger partial charge in [-0.1, -0.05) is 38.1 Å². The molecule has 1 aromatic rings. The molecule has 0 bridgehead atoms. The Morgan fingerprint density at radius 2 is 1.61 bits per heavy atom. The van der Waals surface area contributed by atoms with Crippen LogP contribution in [0.4, 0.5) is 13.2 Å². The predicted octanol–water partition coefficient (Wildman–Crippen LogP) is 4.03. The molecule has 0 aliphatic carbocycles. The molecule has 102 valence electrons. The van der Waals surface area contributed by atoms with Crippen molar-refractivity contribution < 1.29 is 13.2 Å². The fourth-order valence-corrected chi connectivity index (χ4v) is 1.81. The van der Waals surface area contributed by atoms with Gasteiger partial charge in [0.15, 0.2) is 0 Å². The SMILES string of the molecule is CCCNC(C)(c1ccc(CC)cc1)C(F)(F)F. The van der Waals surface area contributed by atoms with E-state index in [4.69, 9.17) is 0 Å². The molecule has 0 radical (unpaired) electrons. The van der Waals surface area contributed by atoms with Crippen LogP contribution in [0, 0.1) is 0 Å². The molecule has 0 saturated carbocycles. The van der Waals surface area contributed by atoms with Crippen LogP contribution in [0.1, 0.15) is 38.3 Å². The zero-order valence-corrected chi connectivity index (χ0v) is 11.1. The van der Waals surface area contributed by atoms with E-state index in [1.165, 1.54) is 6.92 Å². The van der Waals surface area contributed by atoms with E-state index < -0.39 is 11.7 Å². The topological polar surface area (TPSA) is 12.0 Å². The van der Waals surface area contributed by atoms with Gasteiger partial charge < -0.3 is 5.32 Å². The molecular weight excluding hydrogens is 239 g/mol. The summed E-state index contributed by atoms with van der Waals surface area (Å²) in [6.07, 6.45) is -2.82. The standard InChI is InChI=1S/C14H20F3N/c1-4-10-18-13(3,14(15,16)17)12-8-6-11(5-2)7-9-12/h6-9,18H,4-5,10H2,1-3H3. The second-order valence-corrected chi connectivity index (χ2v) is 4.60. The monoisotopic (exact) mass is 259 g/mol. The van der Waals surface area contributed by atoms with Gasteiger partial charge in [0.1, 0.15) is 5.54 Å². The van der Waals surface area contributed by atoms with Crippen LogP contribution in [0.15, 0.2) is 24.3 Å². The quantitative estimate of drug-likeness (QED) is 0.842. The second-order valence-electron chi connectivity index (χ2n) is 4.60. The molecule has 0 amide bonds. The Labute approximate surface area is 106 Å². The molecule has 1 nitrogen and oxygen atoms in total. The van der Waals surface area contributed by atoms with Gasteiger partial charge in [-0.15, -0.1) is 0 Å². The third kappa shape index (κ3) is 3.05. The van der Waals surface area contributed by atoms with Crippen LogP contribution in [0.2, 0.25) is 0 Å². The van der Waals surface area contributed by atoms with Crippen molar-refractivity contribution in [1.29, 1.82) is 0 Å². The number of hydrogen-bond acceptors (Lipinski definition) is 1. The average Bonchev–Trinajstić information content (AvgIpc) is 2.34. The number of aryl methyl sites for hydroxylation is 1. The molecule has 0 aromatic heterocycles. The summed E-state index contributed by atoms with van der Waals surface area (Å²) in [5, 5.41) is 2.61. The van der Waals surface area contributed by atoms with Crippen molar-refractivity contribution in [3.05, 3.63) is 35.4 Å². The van der Waals surface area contributed by atoms with Crippen LogP contribution in [0.5, 0.6) is 0 Å². The molecule has 1 atom stereocenters. The first kappa shape index (κ1) is 15.0. The summed E-state index contributed by atoms with van der Waals surface area (Å²) >= 11 is 0. The van der Waals surface area contributed by atoms with E-state index in [1.807, 2.05) is 13.8 Å². The molecule has 0 aliphatic heterocycles. The zero-order valence-electron chi connectivity index (χ0n) is 11.1. The molecule has 1 N–H and O–H groups in total. The van der Waals surface area contributed by atoms with Gasteiger partial charge in [-0.3, -0.25) is 0 Å². The largest absolute Gasteiger partial charge is 0.410 e. The van der Waals surface area contributed by atoms with E-state index in [-0.39, 0.29) is 5.56 Å². The third-order valence-corrected chi connectivity index (χ3v) is 3.24. The molecule has 0 saturated heterocycles. The van der Waals surface area contributed by atoms with E-state index >= 15 is 0 Å². The number of rotatable bonds is 5. The van der Waals surface area contributed by atoms with Gasteiger partial charge in [0.25, 0.3) is 0 Å². The minimum absolute atomic E-state index is 0.264. The summed E-state index contributed by atoms with van der Waals surface area (Å²) in [5.74, 6) is 0. The molecule has 1 aromatic carbocycles. The van der Waals surface area contributed by atoms with Crippen LogP contribution in [0.3, 0.4) is 0 Å². The summed E-state index contributed by atoms with van der Waals surface area (Å²) in [7, 11) is 0. The van der Waals surface area contributed by atoms with Crippen LogP contribution in [0.25, 0.3) is 0 Å². The van der Waals surface area contributed by atoms with Gasteiger partial charge in [0.05, 0.1) is 0 Å². The lowest BCUT2D eigenvalue weighted by molar-refractivity contribution is -0.195. The second kappa shape index (κ2) is 5.74. The lowest BCUT2D eigenvalue weighted by atomic mass is 9.90. The summed E-state index contributed by atoms with van der Waals surface area (Å²) in [4.78, 5) is 0. The molecule has 0 aliphatic rings. The Morgan fingerprint density at radius 1 is 1.06 bits per heavy atom. The molecule has 1 rings (SSSR count). The fourth-order valence-electron chi connectivity index (χ4n) is 1.81. The molecule has 18 heavy (non-hydrogen) atoms. The van der Waals surface area contributed by atoms with Crippen molar-refractivity contribution >= 4 is 0 Å². The summed E-state index contributed by atoms with van der Waals surface area (Å²) < 4.78 is 39.7. The molecule has 4 heteroatoms. The fraction of sp³-hybridized carbons (Fsp3) is 0.571. The molecule has 1 unspecified atom stereocenters. The molecule has 0 fully saturated rings. The third-order valence-electron chi connectivity index (χ3n) is 3.24. The maximum atomic E-state index is 13.2. The van der Waals surface area contributed by atoms with Crippen LogP contribution in [-0.4, -0.2) is 12.7 Å². The number of halogens is 3. The first-order chi connectivity index (χ1) is 8.35. The lowest BCUT2D eigenvalue weighted by Crippen LogP contribution is -2.51. The van der Waals surface area contributed by atoms with Crippen molar-refractivity contribution in [2.45, 2.75) is 45.3 Å². The van der Waals surface area contributed by atoms with Gasteiger partial charge in [0.2, 0.25) is 0 Å². The first-order valence-corrected chi connectivity index (χ1v) is 6.26. The average molecular weight is 259 g/mol. The van der Waals surface area contributed by atoms with Gasteiger partial charge in [-0.2, -0.15) is 13.2 Å². The molecule has 0 spiro atoms. The highest BCUT2D eigenvalue weighted by molar-refractivity contribution is 5.29. The Hall–Kier alpha value is -1.03. The maximum absolute atomic E-state index is 13.2. The normalized spacial score (nSPS) is 15.4. The van der Waals surface area contributed by atoms with Gasteiger partial charge in [-0.25, -0.2) is 0 Å². The van der Waals surface area contributed by atoms with Gasteiger partial charge >= 0.3 is 6.18 Å². The van der Waals surface area contributed by atoms with E-state index in [9.17, 15) is 13.2 Å². The Morgan fingerprint density at radius 3 is 2.00 bits per heavy atom. The Kier molecular flexibility index (Phi) is 4.79. The smallest absolute Gasteiger partial charge is 0.300 e. The molecular formula is C14H20F3N. The first-order valence-electron chi connectivity index (χ1n) is 6.26. The van der Waals surface area contributed by atoms with E-state index in [0.717, 1.165) is 12.0 Å². The van der Waals surface area contributed by atoms with Crippen LogP contribution in [-0.2, 0) is 12.0 Å². The number of benzene rings is 1. The number of hydrogen-bond donors (Lipinski definition) is 1. The molecule has 0 heterocycles. The zero-order chi connectivity index (χ0) is 13.8. The van der Waals surface area contributed by atoms with Crippen molar-refractivity contribution in [3.8, 4) is 0 Å². The van der Waals surface area contributed by atoms with E-state index in [1.54, 1.807) is 24.3 Å². The van der Waals surface area contributed by atoms with Crippen LogP contribution >= 0.6 is 0 Å². The van der Waals surface area contributed by atoms with Crippen molar-refractivity contribution in [3.63, 3.8) is 0 Å². The van der Waals surface area contributed by atoms with Gasteiger partial charge in [-0.05, 0) is 37.4 Å². The summed E-state index contributed by atoms with van der Waals surface area (Å²) in [6.45, 7) is 5.37. The van der Waals surface area contributed by atoms with Gasteiger partial charge in [0, 0.05) is 0 Å². The van der Waals surface area contributed by atoms with E-state index in [0.29, 0.717) is 13.0 Å². The number of alkyl halides is 3. The maximum Gasteiger partial charge on any atom is 0.410 e. The van der Waals surface area contributed by atoms with Crippen molar-refractivity contribution in [1.82, 2.24) is 5.32 Å². The van der Waals surface area contributed by atoms with Crippen molar-refractivity contribution in [2.24, 2.45) is 0 Å². The predicted molar refractivity (Wildman–Crippen MR) is 67.5 cm³/mol. The summed E-state index contributed by atoms with van der Waals surface area (Å²) in [6, 6.07) is 6.64. The lowest BCUT2D eigenvalue weighted by Gasteiger charge is -2.33. The highest BCUT2D eigenvalue weighted by Crippen LogP contribution is 2.38. The Bertz CT molecular complexity index is 370. The van der Waals surface area contributed by atoms with Crippen LogP contribution < -0.4 is 5.32 Å². The van der Waals surface area contributed by atoms with E-state index in [2.05, 4.69) is 5.32 Å². The minimum Gasteiger partial charge on any atom is -0.300 e. The number of nitrogens with one attached hydrogen (secondary N) is 1. The highest BCUT2D eigenvalue weighted by Gasteiger charge is 2.51. The van der Waals surface area contributed by atoms with Crippen molar-refractivity contribution in [2.75, 3.05) is 6.54 Å². The minimum atomic E-state index is -4.31. The summed E-state index contributed by atoms with van der Waals surface area (Å²) in [5.41, 5.74) is -0.672. The Balaban J connectivity index is 3.08. The highest BCUT2D eigenvalue weighted by atomic mass is 19.4.